The van der Waals surface area contributed by atoms with Gasteiger partial charge in [-0.15, -0.1) is 0 Å². The number of rotatable bonds is 7. The van der Waals surface area contributed by atoms with Crippen LogP contribution in [0, 0.1) is 5.82 Å². The molecule has 0 aliphatic carbocycles. The van der Waals surface area contributed by atoms with E-state index in [1.165, 1.54) is 31.0 Å². The van der Waals surface area contributed by atoms with Gasteiger partial charge in [-0.05, 0) is 42.8 Å². The van der Waals surface area contributed by atoms with Gasteiger partial charge in [-0.3, -0.25) is 14.5 Å². The van der Waals surface area contributed by atoms with Gasteiger partial charge in [-0.25, -0.2) is 9.38 Å². The molecule has 0 unspecified atom stereocenters. The number of halogens is 1. The first-order valence-corrected chi connectivity index (χ1v) is 10.1. The number of ether oxygens (including phenoxy) is 1. The summed E-state index contributed by atoms with van der Waals surface area (Å²) in [6, 6.07) is 12.9. The van der Waals surface area contributed by atoms with Crippen molar-refractivity contribution in [3.63, 3.8) is 0 Å². The summed E-state index contributed by atoms with van der Waals surface area (Å²) in [6.45, 7) is 2.48. The lowest BCUT2D eigenvalue weighted by Crippen LogP contribution is -2.34. The molecule has 0 spiro atoms. The van der Waals surface area contributed by atoms with Crippen molar-refractivity contribution in [1.29, 1.82) is 0 Å². The van der Waals surface area contributed by atoms with Crippen LogP contribution in [0.5, 0.6) is 5.75 Å². The third-order valence-electron chi connectivity index (χ3n) is 4.27. The van der Waals surface area contributed by atoms with Crippen LogP contribution in [0.4, 0.5) is 15.8 Å². The summed E-state index contributed by atoms with van der Waals surface area (Å²) < 4.78 is 18.4. The number of para-hydroxylation sites is 2. The molecular weight excluding hydrogens is 393 g/mol. The number of benzene rings is 2. The fourth-order valence-corrected chi connectivity index (χ4v) is 4.08. The van der Waals surface area contributed by atoms with E-state index in [0.29, 0.717) is 28.8 Å². The van der Waals surface area contributed by atoms with E-state index in [4.69, 9.17) is 4.74 Å². The second kappa shape index (κ2) is 9.56. The molecule has 2 aromatic rings. The van der Waals surface area contributed by atoms with Gasteiger partial charge in [0.2, 0.25) is 11.8 Å². The van der Waals surface area contributed by atoms with Crippen LogP contribution in [0.3, 0.4) is 0 Å². The minimum absolute atomic E-state index is 0.0181. The van der Waals surface area contributed by atoms with Crippen molar-refractivity contribution >= 4 is 40.1 Å². The Labute approximate surface area is 173 Å². The van der Waals surface area contributed by atoms with Crippen molar-refractivity contribution in [1.82, 2.24) is 4.90 Å². The van der Waals surface area contributed by atoms with Gasteiger partial charge in [0.05, 0.1) is 18.5 Å². The number of hydrogen-bond donors (Lipinski definition) is 1. The molecule has 1 heterocycles. The highest BCUT2D eigenvalue weighted by molar-refractivity contribution is 8.15. The molecule has 6 nitrogen and oxygen atoms in total. The lowest BCUT2D eigenvalue weighted by atomic mass is 10.2. The topological polar surface area (TPSA) is 71.0 Å². The summed E-state index contributed by atoms with van der Waals surface area (Å²) in [7, 11) is 1.53. The highest BCUT2D eigenvalue weighted by atomic mass is 32.2. The van der Waals surface area contributed by atoms with Crippen molar-refractivity contribution in [3.8, 4) is 5.75 Å². The number of thioether (sulfide) groups is 1. The maximum atomic E-state index is 13.1. The van der Waals surface area contributed by atoms with Crippen molar-refractivity contribution in [2.75, 3.05) is 19.0 Å². The number of nitrogens with one attached hydrogen (secondary N) is 1. The monoisotopic (exact) mass is 415 g/mol. The Hall–Kier alpha value is -2.87. The van der Waals surface area contributed by atoms with Gasteiger partial charge in [0.1, 0.15) is 16.8 Å². The van der Waals surface area contributed by atoms with E-state index in [1.807, 2.05) is 13.0 Å². The van der Waals surface area contributed by atoms with Gasteiger partial charge in [0, 0.05) is 13.0 Å². The zero-order valence-corrected chi connectivity index (χ0v) is 17.0. The summed E-state index contributed by atoms with van der Waals surface area (Å²) in [5, 5.41) is 2.76. The molecule has 1 aliphatic heterocycles. The van der Waals surface area contributed by atoms with Crippen LogP contribution in [0.1, 0.15) is 19.8 Å². The van der Waals surface area contributed by atoms with Gasteiger partial charge in [0.15, 0.2) is 5.17 Å². The van der Waals surface area contributed by atoms with E-state index in [-0.39, 0.29) is 24.1 Å². The molecule has 1 aliphatic rings. The molecule has 8 heteroatoms. The molecule has 0 aromatic heterocycles. The summed E-state index contributed by atoms with van der Waals surface area (Å²) in [4.78, 5) is 31.4. The SMILES string of the molecule is CCCN1C(=O)[C@@H](CC(=O)Nc2ccccc2OC)SC1=Nc1ccc(F)cc1. The Morgan fingerprint density at radius 3 is 2.66 bits per heavy atom. The van der Waals surface area contributed by atoms with E-state index in [9.17, 15) is 14.0 Å². The Morgan fingerprint density at radius 2 is 1.97 bits per heavy atom. The fraction of sp³-hybridized carbons (Fsp3) is 0.286. The van der Waals surface area contributed by atoms with E-state index in [0.717, 1.165) is 6.42 Å². The minimum Gasteiger partial charge on any atom is -0.495 e. The standard InChI is InChI=1S/C21H22FN3O3S/c1-3-12-25-20(27)18(29-21(25)23-15-10-8-14(22)9-11-15)13-19(26)24-16-6-4-5-7-17(16)28-2/h4-11,18H,3,12-13H2,1-2H3,(H,24,26)/t18-/m1/s1. The van der Waals surface area contributed by atoms with Crippen molar-refractivity contribution < 1.29 is 18.7 Å². The smallest absolute Gasteiger partial charge is 0.242 e. The highest BCUT2D eigenvalue weighted by Crippen LogP contribution is 2.32. The maximum absolute atomic E-state index is 13.1. The van der Waals surface area contributed by atoms with E-state index in [1.54, 1.807) is 35.2 Å². The van der Waals surface area contributed by atoms with Crippen LogP contribution in [0.25, 0.3) is 0 Å². The van der Waals surface area contributed by atoms with Crippen LogP contribution in [-0.2, 0) is 9.59 Å². The highest BCUT2D eigenvalue weighted by Gasteiger charge is 2.38. The zero-order chi connectivity index (χ0) is 20.8. The minimum atomic E-state index is -0.560. The molecule has 2 amide bonds. The average Bonchev–Trinajstić information content (AvgIpc) is 2.99. The normalized spacial score (nSPS) is 17.6. The molecule has 1 atom stereocenters. The summed E-state index contributed by atoms with van der Waals surface area (Å²) >= 11 is 1.26. The van der Waals surface area contributed by atoms with E-state index >= 15 is 0 Å². The molecule has 2 aromatic carbocycles. The van der Waals surface area contributed by atoms with Gasteiger partial charge in [-0.2, -0.15) is 0 Å². The number of aliphatic imine (C=N–C) groups is 1. The molecule has 0 bridgehead atoms. The number of nitrogens with zero attached hydrogens (tertiary/aromatic N) is 2. The van der Waals surface area contributed by atoms with Crippen LogP contribution in [-0.4, -0.2) is 40.8 Å². The largest absolute Gasteiger partial charge is 0.495 e. The average molecular weight is 415 g/mol. The Bertz CT molecular complexity index is 918. The predicted molar refractivity (Wildman–Crippen MR) is 113 cm³/mol. The second-order valence-corrected chi connectivity index (χ2v) is 7.59. The number of carbonyl (C=O) groups is 2. The van der Waals surface area contributed by atoms with Crippen molar-refractivity contribution in [2.24, 2.45) is 4.99 Å². The first kappa shape index (κ1) is 20.9. The number of hydrogen-bond acceptors (Lipinski definition) is 5. The third kappa shape index (κ3) is 5.14. The Kier molecular flexibility index (Phi) is 6.87. The maximum Gasteiger partial charge on any atom is 0.242 e. The van der Waals surface area contributed by atoms with E-state index < -0.39 is 5.25 Å². The van der Waals surface area contributed by atoms with Crippen LogP contribution >= 0.6 is 11.8 Å². The number of amides is 2. The molecule has 1 fully saturated rings. The second-order valence-electron chi connectivity index (χ2n) is 6.42. The molecule has 0 radical (unpaired) electrons. The van der Waals surface area contributed by atoms with Crippen LogP contribution < -0.4 is 10.1 Å². The summed E-state index contributed by atoms with van der Waals surface area (Å²) in [5.41, 5.74) is 1.11. The zero-order valence-electron chi connectivity index (χ0n) is 16.2. The first-order chi connectivity index (χ1) is 14.0. The number of amidine groups is 1. The molecular formula is C21H22FN3O3S. The molecule has 29 heavy (non-hydrogen) atoms. The predicted octanol–water partition coefficient (Wildman–Crippen LogP) is 4.20. The van der Waals surface area contributed by atoms with Gasteiger partial charge in [-0.1, -0.05) is 30.8 Å². The van der Waals surface area contributed by atoms with Gasteiger partial charge >= 0.3 is 0 Å². The first-order valence-electron chi connectivity index (χ1n) is 9.27. The number of carbonyl (C=O) groups excluding carboxylic acids is 2. The summed E-state index contributed by atoms with van der Waals surface area (Å²) in [6.07, 6.45) is 0.777. The van der Waals surface area contributed by atoms with Crippen molar-refractivity contribution in [3.05, 3.63) is 54.3 Å². The number of methoxy groups -OCH3 is 1. The lowest BCUT2D eigenvalue weighted by molar-refractivity contribution is -0.128. The van der Waals surface area contributed by atoms with Crippen LogP contribution in [0.15, 0.2) is 53.5 Å². The quantitative estimate of drug-likeness (QED) is 0.736. The van der Waals surface area contributed by atoms with Crippen LogP contribution in [0.2, 0.25) is 0 Å². The molecule has 152 valence electrons. The molecule has 1 N–H and O–H groups in total. The Balaban J connectivity index is 1.73. The van der Waals surface area contributed by atoms with Gasteiger partial charge in [0.25, 0.3) is 0 Å². The fourth-order valence-electron chi connectivity index (χ4n) is 2.90. The lowest BCUT2D eigenvalue weighted by Gasteiger charge is -2.15. The summed E-state index contributed by atoms with van der Waals surface area (Å²) in [5.74, 6) is -0.217. The number of anilines is 1. The van der Waals surface area contributed by atoms with Crippen molar-refractivity contribution in [2.45, 2.75) is 25.0 Å². The molecule has 1 saturated heterocycles. The van der Waals surface area contributed by atoms with Gasteiger partial charge < -0.3 is 10.1 Å². The van der Waals surface area contributed by atoms with E-state index in [2.05, 4.69) is 10.3 Å². The third-order valence-corrected chi connectivity index (χ3v) is 5.45. The Morgan fingerprint density at radius 1 is 1.24 bits per heavy atom. The molecule has 3 rings (SSSR count). The molecule has 0 saturated carbocycles.